The number of hydrogen-bond donors (Lipinski definition) is 3. The summed E-state index contributed by atoms with van der Waals surface area (Å²) in [5, 5.41) is 9.45. The fraction of sp³-hybridized carbons (Fsp3) is 0.111. The Balaban J connectivity index is 1.92. The van der Waals surface area contributed by atoms with Crippen LogP contribution in [-0.2, 0) is 11.2 Å². The molecule has 3 N–H and O–H groups in total. The minimum Gasteiger partial charge on any atom is -0.359 e. The number of hydrogen-bond acceptors (Lipinski definition) is 2. The van der Waals surface area contributed by atoms with E-state index in [2.05, 4.69) is 22.5 Å². The number of amides is 1. The first-order valence-electron chi connectivity index (χ1n) is 7.27. The van der Waals surface area contributed by atoms with Gasteiger partial charge in [0.1, 0.15) is 0 Å². The highest BCUT2D eigenvalue weighted by Crippen LogP contribution is 2.15. The van der Waals surface area contributed by atoms with Gasteiger partial charge in [-0.1, -0.05) is 42.5 Å². The van der Waals surface area contributed by atoms with Crippen molar-refractivity contribution in [3.8, 4) is 0 Å². The molecule has 0 fully saturated rings. The standard InChI is InChI=1S/C18H19N3OS/c1-2-11-19-18(23)21-16-10-6-9-15(13-16)20-17(22)12-14-7-4-3-5-8-14/h2-10,13H,1,11-12H2,(H,20,22)(H2,19,21,23). The smallest absolute Gasteiger partial charge is 0.228 e. The zero-order chi connectivity index (χ0) is 16.5. The summed E-state index contributed by atoms with van der Waals surface area (Å²) in [7, 11) is 0. The molecule has 0 bridgehead atoms. The fourth-order valence-electron chi connectivity index (χ4n) is 2.00. The van der Waals surface area contributed by atoms with Gasteiger partial charge in [-0.05, 0) is 36.0 Å². The van der Waals surface area contributed by atoms with Gasteiger partial charge in [-0.2, -0.15) is 0 Å². The van der Waals surface area contributed by atoms with E-state index in [0.29, 0.717) is 18.1 Å². The summed E-state index contributed by atoms with van der Waals surface area (Å²) in [5.41, 5.74) is 2.51. The molecule has 0 aliphatic carbocycles. The third kappa shape index (κ3) is 5.92. The second kappa shape index (κ2) is 8.70. The van der Waals surface area contributed by atoms with Crippen LogP contribution in [0.3, 0.4) is 0 Å². The summed E-state index contributed by atoms with van der Waals surface area (Å²) in [6.07, 6.45) is 2.08. The molecule has 0 radical (unpaired) electrons. The van der Waals surface area contributed by atoms with E-state index in [1.54, 1.807) is 6.08 Å². The molecule has 0 aliphatic heterocycles. The van der Waals surface area contributed by atoms with Crippen LogP contribution in [0.5, 0.6) is 0 Å². The molecule has 5 heteroatoms. The summed E-state index contributed by atoms with van der Waals surface area (Å²) < 4.78 is 0. The Hall–Kier alpha value is -2.66. The van der Waals surface area contributed by atoms with Gasteiger partial charge in [0.05, 0.1) is 6.42 Å². The van der Waals surface area contributed by atoms with Crippen molar-refractivity contribution in [1.82, 2.24) is 5.32 Å². The Morgan fingerprint density at radius 2 is 1.74 bits per heavy atom. The molecule has 0 saturated carbocycles. The van der Waals surface area contributed by atoms with E-state index in [0.717, 1.165) is 16.9 Å². The van der Waals surface area contributed by atoms with Crippen molar-refractivity contribution in [2.45, 2.75) is 6.42 Å². The fourth-order valence-corrected chi connectivity index (χ4v) is 2.20. The van der Waals surface area contributed by atoms with Gasteiger partial charge in [-0.25, -0.2) is 0 Å². The maximum Gasteiger partial charge on any atom is 0.228 e. The molecule has 2 aromatic carbocycles. The minimum absolute atomic E-state index is 0.0549. The highest BCUT2D eigenvalue weighted by atomic mass is 32.1. The molecule has 2 aromatic rings. The summed E-state index contributed by atoms with van der Waals surface area (Å²) in [6, 6.07) is 17.1. The van der Waals surface area contributed by atoms with E-state index < -0.39 is 0 Å². The van der Waals surface area contributed by atoms with Crippen LogP contribution in [0.25, 0.3) is 0 Å². The number of thiocarbonyl (C=S) groups is 1. The van der Waals surface area contributed by atoms with Crippen LogP contribution in [0.1, 0.15) is 5.56 Å². The lowest BCUT2D eigenvalue weighted by Gasteiger charge is -2.11. The predicted octanol–water partition coefficient (Wildman–Crippen LogP) is 3.34. The van der Waals surface area contributed by atoms with Gasteiger partial charge in [0, 0.05) is 17.9 Å². The van der Waals surface area contributed by atoms with Gasteiger partial charge in [0.25, 0.3) is 0 Å². The van der Waals surface area contributed by atoms with Crippen LogP contribution in [-0.4, -0.2) is 17.6 Å². The normalized spacial score (nSPS) is 9.74. The molecule has 118 valence electrons. The lowest BCUT2D eigenvalue weighted by molar-refractivity contribution is -0.115. The largest absolute Gasteiger partial charge is 0.359 e. The van der Waals surface area contributed by atoms with Gasteiger partial charge in [0.2, 0.25) is 5.91 Å². The molecule has 0 aromatic heterocycles. The highest BCUT2D eigenvalue weighted by Gasteiger charge is 2.05. The summed E-state index contributed by atoms with van der Waals surface area (Å²) >= 11 is 5.16. The average molecular weight is 325 g/mol. The Kier molecular flexibility index (Phi) is 6.32. The van der Waals surface area contributed by atoms with Gasteiger partial charge in [0.15, 0.2) is 5.11 Å². The van der Waals surface area contributed by atoms with Crippen LogP contribution >= 0.6 is 12.2 Å². The maximum atomic E-state index is 12.1. The number of carbonyl (C=O) groups is 1. The summed E-state index contributed by atoms with van der Waals surface area (Å²) in [5.74, 6) is -0.0549. The molecule has 0 saturated heterocycles. The van der Waals surface area contributed by atoms with Crippen LogP contribution < -0.4 is 16.0 Å². The van der Waals surface area contributed by atoms with E-state index >= 15 is 0 Å². The van der Waals surface area contributed by atoms with Crippen molar-refractivity contribution in [2.24, 2.45) is 0 Å². The van der Waals surface area contributed by atoms with Crippen molar-refractivity contribution in [3.05, 3.63) is 72.8 Å². The topological polar surface area (TPSA) is 53.2 Å². The van der Waals surface area contributed by atoms with Crippen LogP contribution in [0.2, 0.25) is 0 Å². The molecular formula is C18H19N3OS. The second-order valence-electron chi connectivity index (χ2n) is 4.92. The van der Waals surface area contributed by atoms with Gasteiger partial charge >= 0.3 is 0 Å². The SMILES string of the molecule is C=CCNC(=S)Nc1cccc(NC(=O)Cc2ccccc2)c1. The minimum atomic E-state index is -0.0549. The predicted molar refractivity (Wildman–Crippen MR) is 99.6 cm³/mol. The van der Waals surface area contributed by atoms with Gasteiger partial charge < -0.3 is 16.0 Å². The molecule has 23 heavy (non-hydrogen) atoms. The van der Waals surface area contributed by atoms with Crippen molar-refractivity contribution in [2.75, 3.05) is 17.2 Å². The first-order valence-corrected chi connectivity index (χ1v) is 7.68. The maximum absolute atomic E-state index is 12.1. The lowest BCUT2D eigenvalue weighted by atomic mass is 10.1. The van der Waals surface area contributed by atoms with Crippen molar-refractivity contribution >= 4 is 34.6 Å². The first-order chi connectivity index (χ1) is 11.2. The molecule has 2 rings (SSSR count). The molecule has 0 spiro atoms. The Bertz CT molecular complexity index is 686. The molecule has 0 aliphatic rings. The van der Waals surface area contributed by atoms with E-state index in [1.165, 1.54) is 0 Å². The van der Waals surface area contributed by atoms with Crippen molar-refractivity contribution in [1.29, 1.82) is 0 Å². The Morgan fingerprint density at radius 1 is 1.04 bits per heavy atom. The molecule has 0 atom stereocenters. The molecule has 0 heterocycles. The van der Waals surface area contributed by atoms with Gasteiger partial charge in [-0.3, -0.25) is 4.79 Å². The number of carbonyl (C=O) groups excluding carboxylic acids is 1. The van der Waals surface area contributed by atoms with E-state index in [4.69, 9.17) is 12.2 Å². The highest BCUT2D eigenvalue weighted by molar-refractivity contribution is 7.80. The van der Waals surface area contributed by atoms with E-state index in [-0.39, 0.29) is 5.91 Å². The monoisotopic (exact) mass is 325 g/mol. The Labute approximate surface area is 141 Å². The molecule has 0 unspecified atom stereocenters. The summed E-state index contributed by atoms with van der Waals surface area (Å²) in [4.78, 5) is 12.1. The zero-order valence-electron chi connectivity index (χ0n) is 12.7. The van der Waals surface area contributed by atoms with Crippen LogP contribution in [0.15, 0.2) is 67.3 Å². The number of anilines is 2. The van der Waals surface area contributed by atoms with Crippen LogP contribution in [0.4, 0.5) is 11.4 Å². The average Bonchev–Trinajstić information content (AvgIpc) is 2.54. The third-order valence-corrected chi connectivity index (χ3v) is 3.27. The van der Waals surface area contributed by atoms with Crippen molar-refractivity contribution in [3.63, 3.8) is 0 Å². The lowest BCUT2D eigenvalue weighted by Crippen LogP contribution is -2.28. The quantitative estimate of drug-likeness (QED) is 0.563. The van der Waals surface area contributed by atoms with Crippen LogP contribution in [0, 0.1) is 0 Å². The van der Waals surface area contributed by atoms with E-state index in [9.17, 15) is 4.79 Å². The molecule has 1 amide bonds. The summed E-state index contributed by atoms with van der Waals surface area (Å²) in [6.45, 7) is 4.22. The third-order valence-electron chi connectivity index (χ3n) is 3.02. The number of benzene rings is 2. The number of rotatable bonds is 6. The van der Waals surface area contributed by atoms with Gasteiger partial charge in [-0.15, -0.1) is 6.58 Å². The first kappa shape index (κ1) is 16.7. The zero-order valence-corrected chi connectivity index (χ0v) is 13.5. The second-order valence-corrected chi connectivity index (χ2v) is 5.32. The molecular weight excluding hydrogens is 306 g/mol. The molecule has 4 nitrogen and oxygen atoms in total. The van der Waals surface area contributed by atoms with E-state index in [1.807, 2.05) is 54.6 Å². The van der Waals surface area contributed by atoms with Crippen molar-refractivity contribution < 1.29 is 4.79 Å². The number of nitrogens with one attached hydrogen (secondary N) is 3. The Morgan fingerprint density at radius 3 is 2.43 bits per heavy atom.